The number of aryl methyl sites for hydroxylation is 1. The van der Waals surface area contributed by atoms with Gasteiger partial charge in [-0.25, -0.2) is 0 Å². The van der Waals surface area contributed by atoms with E-state index in [0.717, 1.165) is 19.3 Å². The summed E-state index contributed by atoms with van der Waals surface area (Å²) >= 11 is 0. The Balaban J connectivity index is 1.64. The Kier molecular flexibility index (Phi) is 4.10. The lowest BCUT2D eigenvalue weighted by Crippen LogP contribution is -2.21. The van der Waals surface area contributed by atoms with Gasteiger partial charge >= 0.3 is 0 Å². The topological polar surface area (TPSA) is 29.1 Å². The van der Waals surface area contributed by atoms with Crippen LogP contribution in [0.15, 0.2) is 67.3 Å². The molecule has 0 saturated carbocycles. The molecule has 0 aliphatic carbocycles. The van der Waals surface area contributed by atoms with Gasteiger partial charge in [-0.05, 0) is 63.2 Å². The molecule has 4 aromatic rings. The van der Waals surface area contributed by atoms with Crippen molar-refractivity contribution in [1.29, 1.82) is 0 Å². The summed E-state index contributed by atoms with van der Waals surface area (Å²) in [6, 6.07) is 19.9. The first-order valence-electron chi connectivity index (χ1n) is 8.83. The monoisotopic (exact) mass is 327 g/mol. The van der Waals surface area contributed by atoms with Crippen molar-refractivity contribution in [2.45, 2.75) is 19.3 Å². The Morgan fingerprint density at radius 3 is 2.32 bits per heavy atom. The number of amides is 1. The lowest BCUT2D eigenvalue weighted by atomic mass is 9.90. The van der Waals surface area contributed by atoms with Gasteiger partial charge in [0.25, 0.3) is 0 Å². The number of nitrogens with one attached hydrogen (secondary N) is 1. The lowest BCUT2D eigenvalue weighted by Gasteiger charge is -2.14. The van der Waals surface area contributed by atoms with Gasteiger partial charge in [-0.2, -0.15) is 0 Å². The molecule has 0 unspecified atom stereocenters. The van der Waals surface area contributed by atoms with Crippen LogP contribution in [0.5, 0.6) is 0 Å². The first-order chi connectivity index (χ1) is 12.3. The van der Waals surface area contributed by atoms with Gasteiger partial charge in [-0.3, -0.25) is 4.79 Å². The molecule has 4 rings (SSSR count). The molecule has 25 heavy (non-hydrogen) atoms. The molecule has 0 aliphatic rings. The first kappa shape index (κ1) is 15.6. The van der Waals surface area contributed by atoms with Crippen molar-refractivity contribution in [3.63, 3.8) is 0 Å². The minimum Gasteiger partial charge on any atom is -0.353 e. The molecule has 4 aromatic carbocycles. The molecule has 2 heteroatoms. The fraction of sp³-hybridized carbons (Fsp3) is 0.174. The molecule has 0 radical (unpaired) electrons. The molecule has 1 amide bonds. The predicted molar refractivity (Wildman–Crippen MR) is 106 cm³/mol. The molecule has 0 saturated heterocycles. The third-order valence-corrected chi connectivity index (χ3v) is 4.98. The average Bonchev–Trinajstić information content (AvgIpc) is 2.66. The molecule has 1 N–H and O–H groups in total. The van der Waals surface area contributed by atoms with E-state index in [1.165, 1.54) is 44.0 Å². The van der Waals surface area contributed by atoms with E-state index in [4.69, 9.17) is 0 Å². The quantitative estimate of drug-likeness (QED) is 0.294. The number of rotatable bonds is 6. The minimum absolute atomic E-state index is 0.0947. The van der Waals surface area contributed by atoms with E-state index in [2.05, 4.69) is 66.5 Å². The van der Waals surface area contributed by atoms with E-state index in [-0.39, 0.29) is 5.91 Å². The van der Waals surface area contributed by atoms with Crippen LogP contribution in [0.3, 0.4) is 0 Å². The summed E-state index contributed by atoms with van der Waals surface area (Å²) in [4.78, 5) is 11.2. The molecule has 0 bridgehead atoms. The van der Waals surface area contributed by atoms with Gasteiger partial charge in [0.1, 0.15) is 0 Å². The maximum atomic E-state index is 11.2. The predicted octanol–water partition coefficient (Wildman–Crippen LogP) is 5.21. The summed E-state index contributed by atoms with van der Waals surface area (Å²) < 4.78 is 0. The van der Waals surface area contributed by atoms with Gasteiger partial charge in [0.2, 0.25) is 5.91 Å². The van der Waals surface area contributed by atoms with E-state index in [9.17, 15) is 4.79 Å². The second kappa shape index (κ2) is 6.56. The zero-order valence-electron chi connectivity index (χ0n) is 14.2. The number of hydrogen-bond donors (Lipinski definition) is 1. The van der Waals surface area contributed by atoms with E-state index >= 15 is 0 Å². The summed E-state index contributed by atoms with van der Waals surface area (Å²) in [6.07, 6.45) is 4.38. The number of benzene rings is 4. The van der Waals surface area contributed by atoms with Gasteiger partial charge in [-0.15, -0.1) is 0 Å². The third-order valence-electron chi connectivity index (χ3n) is 4.98. The summed E-state index contributed by atoms with van der Waals surface area (Å²) in [5.74, 6) is -0.0947. The molecule has 0 spiro atoms. The van der Waals surface area contributed by atoms with Crippen molar-refractivity contribution in [3.05, 3.63) is 72.8 Å². The second-order valence-corrected chi connectivity index (χ2v) is 6.53. The minimum atomic E-state index is -0.0947. The van der Waals surface area contributed by atoms with Crippen LogP contribution in [0.2, 0.25) is 0 Å². The highest BCUT2D eigenvalue weighted by Gasteiger charge is 2.10. The fourth-order valence-corrected chi connectivity index (χ4v) is 3.74. The zero-order chi connectivity index (χ0) is 17.2. The van der Waals surface area contributed by atoms with Crippen LogP contribution in [0.1, 0.15) is 18.4 Å². The van der Waals surface area contributed by atoms with Crippen molar-refractivity contribution in [3.8, 4) is 0 Å². The maximum absolute atomic E-state index is 11.2. The van der Waals surface area contributed by atoms with E-state index < -0.39 is 0 Å². The normalized spacial score (nSPS) is 11.4. The Bertz CT molecular complexity index is 1050. The van der Waals surface area contributed by atoms with E-state index in [1.54, 1.807) is 0 Å². The molecular weight excluding hydrogens is 306 g/mol. The number of carbonyl (C=O) groups is 1. The molecule has 0 fully saturated rings. The lowest BCUT2D eigenvalue weighted by molar-refractivity contribution is -0.116. The highest BCUT2D eigenvalue weighted by molar-refractivity contribution is 6.23. The van der Waals surface area contributed by atoms with E-state index in [0.29, 0.717) is 6.54 Å². The smallest absolute Gasteiger partial charge is 0.243 e. The second-order valence-electron chi connectivity index (χ2n) is 6.53. The zero-order valence-corrected chi connectivity index (χ0v) is 14.2. The Morgan fingerprint density at radius 2 is 1.56 bits per heavy atom. The van der Waals surface area contributed by atoms with Crippen LogP contribution < -0.4 is 5.32 Å². The van der Waals surface area contributed by atoms with Crippen LogP contribution in [0, 0.1) is 0 Å². The van der Waals surface area contributed by atoms with Gasteiger partial charge in [0, 0.05) is 6.54 Å². The van der Waals surface area contributed by atoms with E-state index in [1.807, 2.05) is 0 Å². The molecule has 0 aliphatic heterocycles. The fourth-order valence-electron chi connectivity index (χ4n) is 3.74. The highest BCUT2D eigenvalue weighted by Crippen LogP contribution is 2.36. The molecule has 0 atom stereocenters. The Morgan fingerprint density at radius 1 is 0.880 bits per heavy atom. The van der Waals surface area contributed by atoms with Crippen LogP contribution in [0.25, 0.3) is 32.3 Å². The van der Waals surface area contributed by atoms with Crippen LogP contribution in [0.4, 0.5) is 0 Å². The largest absolute Gasteiger partial charge is 0.353 e. The van der Waals surface area contributed by atoms with Crippen molar-refractivity contribution in [1.82, 2.24) is 5.32 Å². The summed E-state index contributed by atoms with van der Waals surface area (Å²) in [5.41, 5.74) is 1.39. The maximum Gasteiger partial charge on any atom is 0.243 e. The third kappa shape index (κ3) is 2.85. The van der Waals surface area contributed by atoms with Crippen molar-refractivity contribution >= 4 is 38.2 Å². The van der Waals surface area contributed by atoms with Crippen LogP contribution >= 0.6 is 0 Å². The van der Waals surface area contributed by atoms with Gasteiger partial charge in [-0.1, -0.05) is 61.2 Å². The first-order valence-corrected chi connectivity index (χ1v) is 8.83. The SMILES string of the molecule is C=CC(=O)NCCCCc1ccc2ccc3cccc4ccc1c2c34. The van der Waals surface area contributed by atoms with Gasteiger partial charge < -0.3 is 5.32 Å². The van der Waals surface area contributed by atoms with Crippen LogP contribution in [-0.2, 0) is 11.2 Å². The number of carbonyl (C=O) groups excluding carboxylic acids is 1. The Hall–Kier alpha value is -2.87. The van der Waals surface area contributed by atoms with Crippen LogP contribution in [-0.4, -0.2) is 12.5 Å². The van der Waals surface area contributed by atoms with Crippen molar-refractivity contribution in [2.75, 3.05) is 6.54 Å². The van der Waals surface area contributed by atoms with Crippen molar-refractivity contribution in [2.24, 2.45) is 0 Å². The number of hydrogen-bond acceptors (Lipinski definition) is 1. The Labute approximate surface area is 147 Å². The van der Waals surface area contributed by atoms with Gasteiger partial charge in [0.05, 0.1) is 0 Å². The summed E-state index contributed by atoms with van der Waals surface area (Å²) in [7, 11) is 0. The standard InChI is InChI=1S/C23H21NO/c1-2-21(25)24-15-4-3-6-16-9-10-19-12-11-17-7-5-8-18-13-14-20(16)23(19)22(17)18/h2,5,7-14H,1,3-4,6,15H2,(H,24,25). The molecule has 2 nitrogen and oxygen atoms in total. The van der Waals surface area contributed by atoms with Gasteiger partial charge in [0.15, 0.2) is 0 Å². The highest BCUT2D eigenvalue weighted by atomic mass is 16.1. The van der Waals surface area contributed by atoms with Crippen molar-refractivity contribution < 1.29 is 4.79 Å². The molecule has 0 heterocycles. The summed E-state index contributed by atoms with van der Waals surface area (Å²) in [5, 5.41) is 10.9. The summed E-state index contributed by atoms with van der Waals surface area (Å²) in [6.45, 7) is 4.17. The molecule has 124 valence electrons. The molecule has 0 aromatic heterocycles. The number of unbranched alkanes of at least 4 members (excludes halogenated alkanes) is 1. The average molecular weight is 327 g/mol. The molecular formula is C23H21NO.